The zero-order chi connectivity index (χ0) is 14.3. The van der Waals surface area contributed by atoms with E-state index in [1.54, 1.807) is 17.5 Å². The Bertz CT molecular complexity index is 651. The summed E-state index contributed by atoms with van der Waals surface area (Å²) in [5, 5.41) is 6.19. The first kappa shape index (κ1) is 13.6. The molecule has 0 saturated heterocycles. The molecule has 0 fully saturated rings. The lowest BCUT2D eigenvalue weighted by atomic mass is 10.2. The van der Waals surface area contributed by atoms with Gasteiger partial charge in [0.2, 0.25) is 0 Å². The Morgan fingerprint density at radius 2 is 1.76 bits per heavy atom. The van der Waals surface area contributed by atoms with Gasteiger partial charge in [0.15, 0.2) is 5.13 Å². The number of anilines is 1. The lowest BCUT2D eigenvalue weighted by molar-refractivity contribution is 0.306. The summed E-state index contributed by atoms with van der Waals surface area (Å²) in [4.78, 5) is 4.19. The topological polar surface area (TPSA) is 34.1 Å². The number of hydrogen-bond donors (Lipinski definition) is 1. The number of rotatable bonds is 6. The van der Waals surface area contributed by atoms with Gasteiger partial charge in [-0.15, -0.1) is 11.3 Å². The minimum atomic E-state index is 0.595. The molecule has 2 aromatic carbocycles. The highest BCUT2D eigenvalue weighted by atomic mass is 32.1. The van der Waals surface area contributed by atoms with E-state index >= 15 is 0 Å². The predicted molar refractivity (Wildman–Crippen MR) is 86.7 cm³/mol. The van der Waals surface area contributed by atoms with E-state index in [4.69, 9.17) is 4.74 Å². The summed E-state index contributed by atoms with van der Waals surface area (Å²) >= 11 is 1.60. The second kappa shape index (κ2) is 6.90. The van der Waals surface area contributed by atoms with Gasteiger partial charge in [-0.2, -0.15) is 0 Å². The van der Waals surface area contributed by atoms with Crippen molar-refractivity contribution < 1.29 is 4.74 Å². The van der Waals surface area contributed by atoms with Gasteiger partial charge in [0.05, 0.1) is 0 Å². The van der Waals surface area contributed by atoms with Crippen LogP contribution in [0.1, 0.15) is 11.1 Å². The molecule has 106 valence electrons. The maximum atomic E-state index is 5.77. The highest BCUT2D eigenvalue weighted by molar-refractivity contribution is 7.13. The molecule has 0 radical (unpaired) electrons. The van der Waals surface area contributed by atoms with Crippen LogP contribution in [-0.2, 0) is 13.2 Å². The van der Waals surface area contributed by atoms with Crippen LogP contribution in [0, 0.1) is 0 Å². The largest absolute Gasteiger partial charge is 0.489 e. The average Bonchev–Trinajstić information content (AvgIpc) is 3.06. The Balaban J connectivity index is 1.52. The molecule has 0 spiro atoms. The van der Waals surface area contributed by atoms with Gasteiger partial charge in [-0.1, -0.05) is 42.5 Å². The van der Waals surface area contributed by atoms with Crippen molar-refractivity contribution in [3.8, 4) is 5.75 Å². The summed E-state index contributed by atoms with van der Waals surface area (Å²) in [7, 11) is 0. The van der Waals surface area contributed by atoms with E-state index < -0.39 is 0 Å². The van der Waals surface area contributed by atoms with Gasteiger partial charge in [-0.05, 0) is 23.3 Å². The summed E-state index contributed by atoms with van der Waals surface area (Å²) in [6.45, 7) is 1.37. The van der Waals surface area contributed by atoms with Crippen LogP contribution >= 0.6 is 11.3 Å². The molecule has 0 saturated carbocycles. The zero-order valence-electron chi connectivity index (χ0n) is 11.5. The van der Waals surface area contributed by atoms with Crippen LogP contribution < -0.4 is 10.1 Å². The fraction of sp³-hybridized carbons (Fsp3) is 0.118. The van der Waals surface area contributed by atoms with E-state index in [1.165, 1.54) is 11.1 Å². The van der Waals surface area contributed by atoms with Gasteiger partial charge >= 0.3 is 0 Å². The molecule has 0 bridgehead atoms. The Morgan fingerprint density at radius 1 is 0.952 bits per heavy atom. The minimum absolute atomic E-state index is 0.595. The Morgan fingerprint density at radius 3 is 2.48 bits per heavy atom. The fourth-order valence-corrected chi connectivity index (χ4v) is 2.46. The molecule has 3 nitrogen and oxygen atoms in total. The molecule has 0 unspecified atom stereocenters. The van der Waals surface area contributed by atoms with Crippen molar-refractivity contribution in [3.05, 3.63) is 77.3 Å². The Labute approximate surface area is 128 Å². The Kier molecular flexibility index (Phi) is 4.49. The van der Waals surface area contributed by atoms with Crippen molar-refractivity contribution in [3.63, 3.8) is 0 Å². The number of aromatic nitrogens is 1. The van der Waals surface area contributed by atoms with Crippen LogP contribution in [0.2, 0.25) is 0 Å². The number of benzene rings is 2. The summed E-state index contributed by atoms with van der Waals surface area (Å²) in [5.41, 5.74) is 2.38. The predicted octanol–water partition coefficient (Wildman–Crippen LogP) is 4.33. The van der Waals surface area contributed by atoms with E-state index in [0.29, 0.717) is 6.61 Å². The van der Waals surface area contributed by atoms with E-state index in [2.05, 4.69) is 34.6 Å². The molecule has 3 rings (SSSR count). The van der Waals surface area contributed by atoms with Gasteiger partial charge in [0.1, 0.15) is 12.4 Å². The molecule has 0 aliphatic carbocycles. The monoisotopic (exact) mass is 296 g/mol. The summed E-state index contributed by atoms with van der Waals surface area (Å²) < 4.78 is 5.77. The molecule has 21 heavy (non-hydrogen) atoms. The number of nitrogens with zero attached hydrogens (tertiary/aromatic N) is 1. The van der Waals surface area contributed by atoms with Gasteiger partial charge < -0.3 is 10.1 Å². The first-order chi connectivity index (χ1) is 10.4. The van der Waals surface area contributed by atoms with Crippen molar-refractivity contribution in [2.45, 2.75) is 13.2 Å². The maximum Gasteiger partial charge on any atom is 0.182 e. The van der Waals surface area contributed by atoms with E-state index in [0.717, 1.165) is 17.4 Å². The van der Waals surface area contributed by atoms with Crippen LogP contribution in [0.15, 0.2) is 66.2 Å². The SMILES string of the molecule is c1ccc(COc2ccc(CNc3nccs3)cc2)cc1. The molecular weight excluding hydrogens is 280 g/mol. The van der Waals surface area contributed by atoms with Gasteiger partial charge in [0.25, 0.3) is 0 Å². The number of thiazole rings is 1. The van der Waals surface area contributed by atoms with Crippen LogP contribution in [0.4, 0.5) is 5.13 Å². The van der Waals surface area contributed by atoms with Crippen LogP contribution in [0.5, 0.6) is 5.75 Å². The maximum absolute atomic E-state index is 5.77. The lowest BCUT2D eigenvalue weighted by Gasteiger charge is -2.08. The fourth-order valence-electron chi connectivity index (χ4n) is 1.93. The molecule has 1 heterocycles. The second-order valence-corrected chi connectivity index (χ2v) is 5.50. The normalized spacial score (nSPS) is 10.3. The third-order valence-electron chi connectivity index (χ3n) is 3.05. The highest BCUT2D eigenvalue weighted by Crippen LogP contribution is 2.16. The van der Waals surface area contributed by atoms with E-state index in [1.807, 2.05) is 35.7 Å². The van der Waals surface area contributed by atoms with Crippen molar-refractivity contribution in [2.24, 2.45) is 0 Å². The molecule has 0 aliphatic heterocycles. The molecule has 0 amide bonds. The van der Waals surface area contributed by atoms with Crippen molar-refractivity contribution in [1.29, 1.82) is 0 Å². The van der Waals surface area contributed by atoms with Crippen molar-refractivity contribution in [2.75, 3.05) is 5.32 Å². The molecular formula is C17H16N2OS. The van der Waals surface area contributed by atoms with Gasteiger partial charge in [-0.3, -0.25) is 0 Å². The number of nitrogens with one attached hydrogen (secondary N) is 1. The van der Waals surface area contributed by atoms with E-state index in [-0.39, 0.29) is 0 Å². The van der Waals surface area contributed by atoms with Crippen molar-refractivity contribution in [1.82, 2.24) is 4.98 Å². The Hall–Kier alpha value is -2.33. The van der Waals surface area contributed by atoms with Crippen LogP contribution in [-0.4, -0.2) is 4.98 Å². The smallest absolute Gasteiger partial charge is 0.182 e. The van der Waals surface area contributed by atoms with Crippen molar-refractivity contribution >= 4 is 16.5 Å². The standard InChI is InChI=1S/C17H16N2OS/c1-2-4-15(5-3-1)13-20-16-8-6-14(7-9-16)12-19-17-18-10-11-21-17/h1-11H,12-13H2,(H,18,19). The molecule has 0 atom stereocenters. The number of hydrogen-bond acceptors (Lipinski definition) is 4. The van der Waals surface area contributed by atoms with E-state index in [9.17, 15) is 0 Å². The van der Waals surface area contributed by atoms with Gasteiger partial charge in [-0.25, -0.2) is 4.98 Å². The minimum Gasteiger partial charge on any atom is -0.489 e. The average molecular weight is 296 g/mol. The summed E-state index contributed by atoms with van der Waals surface area (Å²) in [5.74, 6) is 0.886. The van der Waals surface area contributed by atoms with Gasteiger partial charge in [0, 0.05) is 18.1 Å². The van der Waals surface area contributed by atoms with Crippen LogP contribution in [0.3, 0.4) is 0 Å². The first-order valence-electron chi connectivity index (χ1n) is 6.79. The quantitative estimate of drug-likeness (QED) is 0.735. The van der Waals surface area contributed by atoms with Crippen LogP contribution in [0.25, 0.3) is 0 Å². The summed E-state index contributed by atoms with van der Waals surface area (Å²) in [6.07, 6.45) is 1.80. The summed E-state index contributed by atoms with van der Waals surface area (Å²) in [6, 6.07) is 18.3. The molecule has 1 aromatic heterocycles. The first-order valence-corrected chi connectivity index (χ1v) is 7.67. The lowest BCUT2D eigenvalue weighted by Crippen LogP contribution is -1.99. The second-order valence-electron chi connectivity index (χ2n) is 4.61. The highest BCUT2D eigenvalue weighted by Gasteiger charge is 1.98. The number of ether oxygens (including phenoxy) is 1. The molecule has 0 aliphatic rings. The molecule has 1 N–H and O–H groups in total. The zero-order valence-corrected chi connectivity index (χ0v) is 12.3. The third kappa shape index (κ3) is 4.07. The molecule has 3 aromatic rings. The molecule has 4 heteroatoms. The third-order valence-corrected chi connectivity index (χ3v) is 3.78.